The van der Waals surface area contributed by atoms with Gasteiger partial charge < -0.3 is 20.9 Å². The molecule has 0 radical (unpaired) electrons. The number of rotatable bonds is 4. The molecule has 1 fully saturated rings. The number of thiophene rings is 1. The smallest absolute Gasteiger partial charge is 0.242 e. The lowest BCUT2D eigenvalue weighted by molar-refractivity contribution is -0.132. The Morgan fingerprint density at radius 3 is 2.63 bits per heavy atom. The molecule has 0 bridgehead atoms. The first-order valence-corrected chi connectivity index (χ1v) is 7.11. The van der Waals surface area contributed by atoms with E-state index in [-0.39, 0.29) is 24.9 Å². The molecular weight excluding hydrogens is 264 g/mol. The molecule has 0 spiro atoms. The fourth-order valence-corrected chi connectivity index (χ4v) is 2.77. The highest BCUT2D eigenvalue weighted by Crippen LogP contribution is 2.22. The average Bonchev–Trinajstić information content (AvgIpc) is 2.98. The predicted octanol–water partition coefficient (Wildman–Crippen LogP) is -0.528. The maximum Gasteiger partial charge on any atom is 0.242 e. The highest BCUT2D eigenvalue weighted by Gasteiger charge is 2.21. The van der Waals surface area contributed by atoms with Crippen molar-refractivity contribution in [3.8, 4) is 0 Å². The fourth-order valence-electron chi connectivity index (χ4n) is 1.98. The third kappa shape index (κ3) is 3.68. The van der Waals surface area contributed by atoms with E-state index in [9.17, 15) is 9.59 Å². The number of hydrogen-bond acceptors (Lipinski definition) is 5. The molecule has 6 nitrogen and oxygen atoms in total. The number of nitrogens with zero attached hydrogens (tertiary/aromatic N) is 2. The number of hydrogen-bond donors (Lipinski definition) is 2. The third-order valence-corrected chi connectivity index (χ3v) is 4.00. The van der Waals surface area contributed by atoms with E-state index in [1.54, 1.807) is 16.2 Å². The number of carbonyl (C=O) groups excluding carboxylic acids is 2. The molecule has 1 aliphatic heterocycles. The summed E-state index contributed by atoms with van der Waals surface area (Å²) < 4.78 is 0. The topological polar surface area (TPSA) is 78.7 Å². The lowest BCUT2D eigenvalue weighted by atomic mass is 10.3. The summed E-state index contributed by atoms with van der Waals surface area (Å²) >= 11 is 1.71. The highest BCUT2D eigenvalue weighted by atomic mass is 32.1. The van der Waals surface area contributed by atoms with Crippen LogP contribution in [0.15, 0.2) is 17.5 Å². The molecule has 0 saturated carbocycles. The summed E-state index contributed by atoms with van der Waals surface area (Å²) in [5.74, 6) is -0.349. The van der Waals surface area contributed by atoms with Gasteiger partial charge in [0.1, 0.15) is 0 Å². The molecule has 2 heterocycles. The van der Waals surface area contributed by atoms with E-state index >= 15 is 0 Å². The number of carbonyl (C=O) groups is 2. The van der Waals surface area contributed by atoms with Crippen molar-refractivity contribution in [2.24, 2.45) is 5.73 Å². The molecule has 2 amide bonds. The van der Waals surface area contributed by atoms with E-state index in [2.05, 4.69) is 21.7 Å². The van der Waals surface area contributed by atoms with Gasteiger partial charge in [0.05, 0.1) is 18.1 Å². The number of nitrogens with one attached hydrogen (secondary N) is 1. The molecule has 104 valence electrons. The van der Waals surface area contributed by atoms with Gasteiger partial charge >= 0.3 is 0 Å². The molecule has 3 N–H and O–H groups in total. The number of amides is 2. The van der Waals surface area contributed by atoms with Crippen molar-refractivity contribution in [2.45, 2.75) is 0 Å². The summed E-state index contributed by atoms with van der Waals surface area (Å²) in [7, 11) is 0. The van der Waals surface area contributed by atoms with Gasteiger partial charge in [0.15, 0.2) is 0 Å². The van der Waals surface area contributed by atoms with E-state index in [1.807, 2.05) is 6.07 Å². The molecular formula is C12H18N4O2S. The van der Waals surface area contributed by atoms with E-state index in [1.165, 1.54) is 5.00 Å². The van der Waals surface area contributed by atoms with Gasteiger partial charge in [-0.05, 0) is 17.5 Å². The van der Waals surface area contributed by atoms with Crippen LogP contribution in [0.25, 0.3) is 0 Å². The van der Waals surface area contributed by atoms with Crippen LogP contribution in [0.5, 0.6) is 0 Å². The molecule has 1 aromatic heterocycles. The molecule has 0 aliphatic carbocycles. The van der Waals surface area contributed by atoms with Crippen molar-refractivity contribution in [1.82, 2.24) is 10.2 Å². The minimum atomic E-state index is -0.300. The Balaban J connectivity index is 1.76. The summed E-state index contributed by atoms with van der Waals surface area (Å²) in [6.45, 7) is 2.99. The minimum Gasteiger partial charge on any atom is -0.360 e. The Labute approximate surface area is 116 Å². The lowest BCUT2D eigenvalue weighted by Gasteiger charge is -2.35. The van der Waals surface area contributed by atoms with Gasteiger partial charge in [-0.3, -0.25) is 9.59 Å². The lowest BCUT2D eigenvalue weighted by Crippen LogP contribution is -2.51. The number of anilines is 1. The van der Waals surface area contributed by atoms with Gasteiger partial charge in [-0.25, -0.2) is 0 Å². The molecule has 1 saturated heterocycles. The van der Waals surface area contributed by atoms with Crippen LogP contribution < -0.4 is 16.0 Å². The Morgan fingerprint density at radius 1 is 1.32 bits per heavy atom. The van der Waals surface area contributed by atoms with Crippen molar-refractivity contribution in [2.75, 3.05) is 44.2 Å². The second-order valence-corrected chi connectivity index (χ2v) is 5.23. The van der Waals surface area contributed by atoms with E-state index in [0.29, 0.717) is 13.1 Å². The number of piperazine rings is 1. The normalized spacial score (nSPS) is 15.4. The van der Waals surface area contributed by atoms with Crippen LogP contribution in [-0.4, -0.2) is 56.0 Å². The second-order valence-electron chi connectivity index (χ2n) is 4.30. The Bertz CT molecular complexity index is 427. The SMILES string of the molecule is NCC(=O)NCC(=O)N1CCN(c2cccs2)CC1. The van der Waals surface area contributed by atoms with E-state index in [4.69, 9.17) is 5.73 Å². The zero-order valence-electron chi connectivity index (χ0n) is 10.7. The standard InChI is InChI=1S/C12H18N4O2S/c13-8-10(17)14-9-11(18)15-3-5-16(6-4-15)12-2-1-7-19-12/h1-2,7H,3-6,8-9,13H2,(H,14,17). The van der Waals surface area contributed by atoms with Crippen molar-refractivity contribution in [3.05, 3.63) is 17.5 Å². The van der Waals surface area contributed by atoms with E-state index in [0.717, 1.165) is 13.1 Å². The van der Waals surface area contributed by atoms with Gasteiger partial charge in [0, 0.05) is 26.2 Å². The van der Waals surface area contributed by atoms with Gasteiger partial charge in [-0.1, -0.05) is 0 Å². The summed E-state index contributed by atoms with van der Waals surface area (Å²) in [4.78, 5) is 26.9. The molecule has 1 aliphatic rings. The first kappa shape index (κ1) is 13.8. The van der Waals surface area contributed by atoms with Gasteiger partial charge in [-0.2, -0.15) is 0 Å². The van der Waals surface area contributed by atoms with Crippen molar-refractivity contribution in [1.29, 1.82) is 0 Å². The molecule has 0 unspecified atom stereocenters. The zero-order valence-corrected chi connectivity index (χ0v) is 11.5. The third-order valence-electron chi connectivity index (χ3n) is 3.07. The first-order chi connectivity index (χ1) is 9.20. The van der Waals surface area contributed by atoms with Crippen LogP contribution in [0.1, 0.15) is 0 Å². The Kier molecular flexibility index (Phi) is 4.75. The van der Waals surface area contributed by atoms with Crippen LogP contribution in [-0.2, 0) is 9.59 Å². The summed E-state index contributed by atoms with van der Waals surface area (Å²) in [6.07, 6.45) is 0. The van der Waals surface area contributed by atoms with Crippen molar-refractivity contribution in [3.63, 3.8) is 0 Å². The molecule has 19 heavy (non-hydrogen) atoms. The maximum absolute atomic E-state index is 11.9. The first-order valence-electron chi connectivity index (χ1n) is 6.23. The monoisotopic (exact) mass is 282 g/mol. The number of nitrogens with two attached hydrogens (primary N) is 1. The zero-order chi connectivity index (χ0) is 13.7. The molecule has 7 heteroatoms. The summed E-state index contributed by atoms with van der Waals surface area (Å²) in [6, 6.07) is 4.11. The van der Waals surface area contributed by atoms with Crippen LogP contribution in [0, 0.1) is 0 Å². The van der Waals surface area contributed by atoms with E-state index < -0.39 is 0 Å². The summed E-state index contributed by atoms with van der Waals surface area (Å²) in [5, 5.41) is 5.79. The minimum absolute atomic E-state index is 0.0367. The van der Waals surface area contributed by atoms with Gasteiger partial charge in [0.25, 0.3) is 0 Å². The second kappa shape index (κ2) is 6.53. The molecule has 1 aromatic rings. The Morgan fingerprint density at radius 2 is 2.05 bits per heavy atom. The Hall–Kier alpha value is -1.60. The average molecular weight is 282 g/mol. The largest absolute Gasteiger partial charge is 0.360 e. The summed E-state index contributed by atoms with van der Waals surface area (Å²) in [5.41, 5.74) is 5.17. The molecule has 0 atom stereocenters. The van der Waals surface area contributed by atoms with Crippen molar-refractivity contribution < 1.29 is 9.59 Å². The predicted molar refractivity (Wildman–Crippen MR) is 75.2 cm³/mol. The van der Waals surface area contributed by atoms with Crippen LogP contribution in [0.2, 0.25) is 0 Å². The van der Waals surface area contributed by atoms with Crippen LogP contribution in [0.3, 0.4) is 0 Å². The molecule has 2 rings (SSSR count). The molecule has 0 aromatic carbocycles. The fraction of sp³-hybridized carbons (Fsp3) is 0.500. The van der Waals surface area contributed by atoms with Crippen molar-refractivity contribution >= 4 is 28.2 Å². The van der Waals surface area contributed by atoms with Gasteiger partial charge in [0.2, 0.25) is 11.8 Å². The highest BCUT2D eigenvalue weighted by molar-refractivity contribution is 7.14. The van der Waals surface area contributed by atoms with Gasteiger partial charge in [-0.15, -0.1) is 11.3 Å². The van der Waals surface area contributed by atoms with Crippen LogP contribution >= 0.6 is 11.3 Å². The van der Waals surface area contributed by atoms with Crippen LogP contribution in [0.4, 0.5) is 5.00 Å². The maximum atomic E-state index is 11.9. The quantitative estimate of drug-likeness (QED) is 0.778.